The van der Waals surface area contributed by atoms with Crippen molar-refractivity contribution in [2.45, 2.75) is 101 Å². The van der Waals surface area contributed by atoms with Crippen molar-refractivity contribution >= 4 is 48.5 Å². The number of nitrogens with two attached hydrogens (primary N) is 4. The summed E-state index contributed by atoms with van der Waals surface area (Å²) in [6.45, 7) is 29.3. The molecule has 3 rings (SSSR count). The van der Waals surface area contributed by atoms with Crippen LogP contribution in [-0.4, -0.2) is 3.12 Å². The fourth-order valence-corrected chi connectivity index (χ4v) is 7.46. The summed E-state index contributed by atoms with van der Waals surface area (Å²) < 4.78 is 1.75. The van der Waals surface area contributed by atoms with Gasteiger partial charge in [0, 0.05) is 35.8 Å². The quantitative estimate of drug-likeness (QED) is 0.0761. The zero-order valence-electron chi connectivity index (χ0n) is 35.4. The summed E-state index contributed by atoms with van der Waals surface area (Å²) in [5.41, 5.74) is 27.7. The summed E-state index contributed by atoms with van der Waals surface area (Å²) in [5, 5.41) is 1.85. The van der Waals surface area contributed by atoms with E-state index in [0.29, 0.717) is 26.9 Å². The number of thiol groups is 1. The molecule has 0 aromatic heterocycles. The fraction of sp³-hybridized carbons (Fsp3) is 0.391. The van der Waals surface area contributed by atoms with Crippen molar-refractivity contribution in [3.05, 3.63) is 165 Å². The van der Waals surface area contributed by atoms with Gasteiger partial charge in [0.05, 0.1) is 5.03 Å². The monoisotopic (exact) mass is 823 g/mol. The van der Waals surface area contributed by atoms with E-state index < -0.39 is 0 Å². The molecule has 9 heteroatoms. The Labute approximate surface area is 356 Å². The van der Waals surface area contributed by atoms with Gasteiger partial charge in [-0.1, -0.05) is 196 Å². The largest absolute Gasteiger partial charge is 0.392 e. The van der Waals surface area contributed by atoms with Gasteiger partial charge in [-0.2, -0.15) is 0 Å². The molecule has 8 N–H and O–H groups in total. The lowest BCUT2D eigenvalue weighted by molar-refractivity contribution is 0.648. The number of rotatable bonds is 13. The SMILES string of the molecule is C=C/C=C\C(=C/C)C(C)C.C=C/C=C\C(=C/CC)CC(C)C.CC(C)CC1=CCC=CC=C1.CC(C)c1ccccc1.NC1=C(N)SN(S/C(N)=C(/N)S)S1. The first-order valence-electron chi connectivity index (χ1n) is 19.1. The van der Waals surface area contributed by atoms with Crippen molar-refractivity contribution in [1.29, 1.82) is 0 Å². The predicted octanol–water partition coefficient (Wildman–Crippen LogP) is 14.0. The van der Waals surface area contributed by atoms with Gasteiger partial charge in [0.1, 0.15) is 15.1 Å². The zero-order chi connectivity index (χ0) is 42.2. The Kier molecular flexibility index (Phi) is 33.6. The van der Waals surface area contributed by atoms with Crippen LogP contribution in [0.2, 0.25) is 0 Å². The van der Waals surface area contributed by atoms with Gasteiger partial charge in [0.25, 0.3) is 0 Å². The Balaban J connectivity index is 0. The molecule has 5 nitrogen and oxygen atoms in total. The molecule has 0 fully saturated rings. The summed E-state index contributed by atoms with van der Waals surface area (Å²) in [5.74, 6) is 2.77. The molecule has 1 heterocycles. The molecular formula is C46H73N5S4. The summed E-state index contributed by atoms with van der Waals surface area (Å²) in [7, 11) is 0. The van der Waals surface area contributed by atoms with Crippen molar-refractivity contribution in [2.24, 2.45) is 40.7 Å². The molecule has 0 bridgehead atoms. The van der Waals surface area contributed by atoms with E-state index in [-0.39, 0.29) is 5.03 Å². The van der Waals surface area contributed by atoms with E-state index in [1.165, 1.54) is 64.5 Å². The van der Waals surface area contributed by atoms with E-state index in [4.69, 9.17) is 22.9 Å². The second-order valence-corrected chi connectivity index (χ2v) is 18.0. The van der Waals surface area contributed by atoms with Crippen molar-refractivity contribution in [3.8, 4) is 0 Å². The molecule has 0 saturated carbocycles. The van der Waals surface area contributed by atoms with E-state index in [0.717, 1.165) is 31.1 Å². The third-order valence-corrected chi connectivity index (χ3v) is 10.7. The average molecular weight is 824 g/mol. The van der Waals surface area contributed by atoms with Crippen LogP contribution in [0.3, 0.4) is 0 Å². The van der Waals surface area contributed by atoms with Gasteiger partial charge in [0.2, 0.25) is 0 Å². The van der Waals surface area contributed by atoms with Crippen LogP contribution in [0, 0.1) is 17.8 Å². The van der Waals surface area contributed by atoms with E-state index >= 15 is 0 Å². The topological polar surface area (TPSA) is 107 Å². The Morgan fingerprint density at radius 2 is 1.47 bits per heavy atom. The van der Waals surface area contributed by atoms with E-state index in [2.05, 4.69) is 174 Å². The normalized spacial score (nSPS) is 15.1. The van der Waals surface area contributed by atoms with Crippen LogP contribution in [0.15, 0.2) is 159 Å². The first-order chi connectivity index (χ1) is 26.0. The molecule has 306 valence electrons. The van der Waals surface area contributed by atoms with Crippen LogP contribution in [0.1, 0.15) is 106 Å². The molecule has 1 aromatic rings. The molecule has 55 heavy (non-hydrogen) atoms. The summed E-state index contributed by atoms with van der Waals surface area (Å²) >= 11 is 7.75. The Morgan fingerprint density at radius 3 is 1.91 bits per heavy atom. The minimum atomic E-state index is 0.287. The molecule has 0 amide bonds. The lowest BCUT2D eigenvalue weighted by Crippen LogP contribution is -2.05. The summed E-state index contributed by atoms with van der Waals surface area (Å²) in [6, 6.07) is 10.5. The van der Waals surface area contributed by atoms with E-state index in [9.17, 15) is 0 Å². The van der Waals surface area contributed by atoms with Crippen LogP contribution in [0.5, 0.6) is 0 Å². The first kappa shape index (κ1) is 54.0. The molecule has 0 spiro atoms. The van der Waals surface area contributed by atoms with Crippen LogP contribution in [0.4, 0.5) is 0 Å². The van der Waals surface area contributed by atoms with Crippen molar-refractivity contribution < 1.29 is 0 Å². The molecule has 0 saturated heterocycles. The first-order valence-corrected chi connectivity index (χ1v) is 21.8. The maximum atomic E-state index is 5.56. The van der Waals surface area contributed by atoms with E-state index in [1.54, 1.807) is 9.19 Å². The Bertz CT molecular complexity index is 1470. The number of hydrogen-bond acceptors (Lipinski definition) is 9. The van der Waals surface area contributed by atoms with Gasteiger partial charge in [-0.15, -0.1) is 15.7 Å². The van der Waals surface area contributed by atoms with E-state index in [1.807, 2.05) is 24.3 Å². The number of benzene rings is 1. The Morgan fingerprint density at radius 1 is 0.891 bits per heavy atom. The summed E-state index contributed by atoms with van der Waals surface area (Å²) in [4.78, 5) is 0. The third-order valence-electron chi connectivity index (χ3n) is 7.18. The second kappa shape index (κ2) is 34.2. The minimum Gasteiger partial charge on any atom is -0.392 e. The lowest BCUT2D eigenvalue weighted by Gasteiger charge is -2.10. The highest BCUT2D eigenvalue weighted by molar-refractivity contribution is 8.30. The van der Waals surface area contributed by atoms with Crippen molar-refractivity contribution in [1.82, 2.24) is 3.12 Å². The summed E-state index contributed by atoms with van der Waals surface area (Å²) in [6.07, 6.45) is 31.8. The van der Waals surface area contributed by atoms with Crippen molar-refractivity contribution in [3.63, 3.8) is 0 Å². The fourth-order valence-electron chi connectivity index (χ4n) is 4.46. The highest BCUT2D eigenvalue weighted by atomic mass is 32.3. The maximum Gasteiger partial charge on any atom is 0.114 e. The number of hydrogen-bond donors (Lipinski definition) is 5. The number of allylic oxidation sites excluding steroid dienone is 16. The van der Waals surface area contributed by atoms with Crippen LogP contribution >= 0.6 is 48.5 Å². The maximum absolute atomic E-state index is 5.56. The molecule has 0 atom stereocenters. The molecular weight excluding hydrogens is 751 g/mol. The molecule has 2 aliphatic rings. The van der Waals surface area contributed by atoms with Crippen molar-refractivity contribution in [2.75, 3.05) is 0 Å². The van der Waals surface area contributed by atoms with Crippen LogP contribution in [0.25, 0.3) is 0 Å². The lowest BCUT2D eigenvalue weighted by atomic mass is 10.0. The van der Waals surface area contributed by atoms with Gasteiger partial charge in [-0.3, -0.25) is 0 Å². The van der Waals surface area contributed by atoms with Gasteiger partial charge >= 0.3 is 0 Å². The standard InChI is InChI=1S/C12H20.C11H16.C10H16.C9H12.C4H9N5S4/c1-5-7-9-12(8-6-2)10-11(3)4;1-10(2)9-11-7-5-3-4-6-8-11;1-5-7-8-10(6-2)9(3)4;1-8(2)9-6-4-3-5-7-9;5-1(10)2(6)11-9-12-3(7)4(8)13-9/h5,7-9,11H,1,6,10H2,2-4H3;3-5,7-8,10H,6,9H2,1-2H3;5-9H,1H2,2-4H3;3-8H,1-2H3;10H,5-8H2/b9-7-,12-8+;;8-7-,10-6+;;2-1-. The van der Waals surface area contributed by atoms with Crippen LogP contribution in [-0.2, 0) is 0 Å². The highest BCUT2D eigenvalue weighted by Gasteiger charge is 2.22. The Hall–Kier alpha value is -3.08. The molecule has 1 aliphatic carbocycles. The molecule has 1 aromatic carbocycles. The predicted molar refractivity (Wildman–Crippen MR) is 260 cm³/mol. The smallest absolute Gasteiger partial charge is 0.114 e. The molecule has 0 unspecified atom stereocenters. The molecule has 1 aliphatic heterocycles. The van der Waals surface area contributed by atoms with Crippen LogP contribution < -0.4 is 22.9 Å². The zero-order valence-corrected chi connectivity index (χ0v) is 38.7. The molecule has 0 radical (unpaired) electrons. The minimum absolute atomic E-state index is 0.287. The average Bonchev–Trinajstić information content (AvgIpc) is 3.27. The van der Waals surface area contributed by atoms with Gasteiger partial charge in [-0.25, -0.2) is 0 Å². The van der Waals surface area contributed by atoms with Gasteiger partial charge < -0.3 is 22.9 Å². The van der Waals surface area contributed by atoms with Gasteiger partial charge in [0.15, 0.2) is 0 Å². The third kappa shape index (κ3) is 30.8. The highest BCUT2D eigenvalue weighted by Crippen LogP contribution is 2.46. The number of nitrogens with zero attached hydrogens (tertiary/aromatic N) is 1. The second-order valence-electron chi connectivity index (χ2n) is 13.9. The van der Waals surface area contributed by atoms with Gasteiger partial charge in [-0.05, 0) is 67.4 Å².